The van der Waals surface area contributed by atoms with Crippen LogP contribution in [0.3, 0.4) is 0 Å². The van der Waals surface area contributed by atoms with Crippen LogP contribution in [0.1, 0.15) is 11.1 Å². The second-order valence-electron chi connectivity index (χ2n) is 5.33. The number of anilines is 1. The first-order valence-electron chi connectivity index (χ1n) is 7.16. The molecule has 0 aliphatic rings. The summed E-state index contributed by atoms with van der Waals surface area (Å²) in [6, 6.07) is 10.1. The van der Waals surface area contributed by atoms with Crippen LogP contribution in [-0.4, -0.2) is 37.1 Å². The normalized spacial score (nSPS) is 10.7. The number of likely N-dealkylation sites (N-methyl/N-ethyl adjacent to an activating group) is 1. The van der Waals surface area contributed by atoms with Gasteiger partial charge in [-0.3, -0.25) is 4.98 Å². The van der Waals surface area contributed by atoms with Gasteiger partial charge in [0.1, 0.15) is 12.4 Å². The van der Waals surface area contributed by atoms with Gasteiger partial charge in [0.15, 0.2) is 0 Å². The van der Waals surface area contributed by atoms with Gasteiger partial charge in [-0.25, -0.2) is 0 Å². The van der Waals surface area contributed by atoms with Crippen LogP contribution in [0.5, 0.6) is 5.75 Å². The number of nitrogens with zero attached hydrogens (tertiary/aromatic N) is 2. The summed E-state index contributed by atoms with van der Waals surface area (Å²) in [5, 5.41) is 3.40. The third kappa shape index (κ3) is 5.08. The molecule has 0 saturated carbocycles. The molecule has 21 heavy (non-hydrogen) atoms. The lowest BCUT2D eigenvalue weighted by atomic mass is 10.1. The fourth-order valence-corrected chi connectivity index (χ4v) is 1.89. The number of aromatic nitrogens is 1. The largest absolute Gasteiger partial charge is 0.492 e. The van der Waals surface area contributed by atoms with E-state index < -0.39 is 0 Å². The Hall–Kier alpha value is -2.07. The molecular formula is C17H23N3O. The maximum absolute atomic E-state index is 5.67. The molecule has 2 rings (SSSR count). The van der Waals surface area contributed by atoms with Gasteiger partial charge in [-0.2, -0.15) is 0 Å². The number of benzene rings is 1. The van der Waals surface area contributed by atoms with Gasteiger partial charge in [-0.15, -0.1) is 0 Å². The standard InChI is InChI=1S/C17H23N3O/c1-14-8-9-18-12-15(14)13-19-16-4-6-17(7-5-16)21-11-10-20(2)3/h4-9,12,19H,10-11,13H2,1-3H3. The number of rotatable bonds is 7. The number of aryl methyl sites for hydroxylation is 1. The van der Waals surface area contributed by atoms with Gasteiger partial charge in [0, 0.05) is 31.2 Å². The Morgan fingerprint density at radius 2 is 1.90 bits per heavy atom. The van der Waals surface area contributed by atoms with E-state index in [1.807, 2.05) is 56.8 Å². The quantitative estimate of drug-likeness (QED) is 0.848. The highest BCUT2D eigenvalue weighted by molar-refractivity contribution is 5.47. The molecule has 0 aliphatic carbocycles. The summed E-state index contributed by atoms with van der Waals surface area (Å²) >= 11 is 0. The highest BCUT2D eigenvalue weighted by Crippen LogP contribution is 2.17. The van der Waals surface area contributed by atoms with Crippen molar-refractivity contribution in [3.05, 3.63) is 53.9 Å². The highest BCUT2D eigenvalue weighted by Gasteiger charge is 1.99. The van der Waals surface area contributed by atoms with E-state index in [0.29, 0.717) is 6.61 Å². The molecule has 0 bridgehead atoms. The number of hydrogen-bond acceptors (Lipinski definition) is 4. The second kappa shape index (κ2) is 7.64. The zero-order chi connectivity index (χ0) is 15.1. The van der Waals surface area contributed by atoms with E-state index in [1.165, 1.54) is 11.1 Å². The third-order valence-corrected chi connectivity index (χ3v) is 3.29. The molecule has 0 aliphatic heterocycles. The van der Waals surface area contributed by atoms with E-state index in [0.717, 1.165) is 24.5 Å². The van der Waals surface area contributed by atoms with Gasteiger partial charge in [0.25, 0.3) is 0 Å². The first-order chi connectivity index (χ1) is 10.1. The van der Waals surface area contributed by atoms with Gasteiger partial charge in [-0.1, -0.05) is 0 Å². The number of nitrogens with one attached hydrogen (secondary N) is 1. The van der Waals surface area contributed by atoms with Crippen molar-refractivity contribution in [3.8, 4) is 5.75 Å². The Morgan fingerprint density at radius 3 is 2.57 bits per heavy atom. The lowest BCUT2D eigenvalue weighted by Gasteiger charge is -2.12. The predicted octanol–water partition coefficient (Wildman–Crippen LogP) is 2.94. The Morgan fingerprint density at radius 1 is 1.14 bits per heavy atom. The summed E-state index contributed by atoms with van der Waals surface area (Å²) in [5.74, 6) is 0.903. The third-order valence-electron chi connectivity index (χ3n) is 3.29. The summed E-state index contributed by atoms with van der Waals surface area (Å²) in [5.41, 5.74) is 3.54. The van der Waals surface area contributed by atoms with Gasteiger partial charge in [0.2, 0.25) is 0 Å². The van der Waals surface area contributed by atoms with Gasteiger partial charge in [-0.05, 0) is 62.5 Å². The van der Waals surface area contributed by atoms with Crippen LogP contribution in [0.4, 0.5) is 5.69 Å². The predicted molar refractivity (Wildman–Crippen MR) is 86.8 cm³/mol. The number of pyridine rings is 1. The Kier molecular flexibility index (Phi) is 5.58. The molecule has 1 aromatic carbocycles. The summed E-state index contributed by atoms with van der Waals surface area (Å²) in [6.45, 7) is 4.50. The van der Waals surface area contributed by atoms with Crippen LogP contribution in [0, 0.1) is 6.92 Å². The minimum atomic E-state index is 0.703. The molecule has 2 aromatic rings. The van der Waals surface area contributed by atoms with Crippen molar-refractivity contribution in [2.75, 3.05) is 32.6 Å². The molecule has 1 N–H and O–H groups in total. The van der Waals surface area contributed by atoms with Crippen molar-refractivity contribution in [2.24, 2.45) is 0 Å². The second-order valence-corrected chi connectivity index (χ2v) is 5.33. The fraction of sp³-hybridized carbons (Fsp3) is 0.353. The molecule has 0 radical (unpaired) electrons. The van der Waals surface area contributed by atoms with Crippen LogP contribution in [0.2, 0.25) is 0 Å². The molecule has 0 saturated heterocycles. The molecule has 4 nitrogen and oxygen atoms in total. The first-order valence-corrected chi connectivity index (χ1v) is 7.16. The molecule has 112 valence electrons. The van der Waals surface area contributed by atoms with Gasteiger partial charge < -0.3 is 15.0 Å². The molecule has 0 unspecified atom stereocenters. The van der Waals surface area contributed by atoms with Crippen molar-refractivity contribution in [1.29, 1.82) is 0 Å². The zero-order valence-corrected chi connectivity index (χ0v) is 13.0. The number of hydrogen-bond donors (Lipinski definition) is 1. The maximum atomic E-state index is 5.67. The molecule has 0 amide bonds. The Balaban J connectivity index is 1.84. The molecule has 4 heteroatoms. The van der Waals surface area contributed by atoms with Crippen LogP contribution in [0.25, 0.3) is 0 Å². The Labute approximate surface area is 126 Å². The summed E-state index contributed by atoms with van der Waals surface area (Å²) in [4.78, 5) is 6.26. The van der Waals surface area contributed by atoms with Crippen molar-refractivity contribution in [1.82, 2.24) is 9.88 Å². The first kappa shape index (κ1) is 15.3. The van der Waals surface area contributed by atoms with Crippen LogP contribution in [-0.2, 0) is 6.54 Å². The fourth-order valence-electron chi connectivity index (χ4n) is 1.89. The van der Waals surface area contributed by atoms with Crippen molar-refractivity contribution >= 4 is 5.69 Å². The average molecular weight is 285 g/mol. The van der Waals surface area contributed by atoms with E-state index in [4.69, 9.17) is 4.74 Å². The average Bonchev–Trinajstić information content (AvgIpc) is 2.47. The van der Waals surface area contributed by atoms with E-state index >= 15 is 0 Å². The zero-order valence-electron chi connectivity index (χ0n) is 13.0. The monoisotopic (exact) mass is 285 g/mol. The van der Waals surface area contributed by atoms with Crippen LogP contribution in [0.15, 0.2) is 42.7 Å². The van der Waals surface area contributed by atoms with E-state index in [-0.39, 0.29) is 0 Å². The Bertz CT molecular complexity index is 552. The van der Waals surface area contributed by atoms with E-state index in [2.05, 4.69) is 22.1 Å². The van der Waals surface area contributed by atoms with Crippen molar-refractivity contribution in [3.63, 3.8) is 0 Å². The molecule has 0 spiro atoms. The lowest BCUT2D eigenvalue weighted by molar-refractivity contribution is 0.261. The van der Waals surface area contributed by atoms with E-state index in [1.54, 1.807) is 0 Å². The summed E-state index contributed by atoms with van der Waals surface area (Å²) in [7, 11) is 4.08. The van der Waals surface area contributed by atoms with E-state index in [9.17, 15) is 0 Å². The van der Waals surface area contributed by atoms with Crippen molar-refractivity contribution in [2.45, 2.75) is 13.5 Å². The molecule has 0 atom stereocenters. The van der Waals surface area contributed by atoms with Crippen LogP contribution < -0.4 is 10.1 Å². The lowest BCUT2D eigenvalue weighted by Crippen LogP contribution is -2.19. The highest BCUT2D eigenvalue weighted by atomic mass is 16.5. The smallest absolute Gasteiger partial charge is 0.119 e. The van der Waals surface area contributed by atoms with Crippen LogP contribution >= 0.6 is 0 Å². The number of ether oxygens (including phenoxy) is 1. The summed E-state index contributed by atoms with van der Waals surface area (Å²) < 4.78 is 5.67. The minimum absolute atomic E-state index is 0.703. The van der Waals surface area contributed by atoms with Crippen molar-refractivity contribution < 1.29 is 4.74 Å². The molecular weight excluding hydrogens is 262 g/mol. The SMILES string of the molecule is Cc1ccncc1CNc1ccc(OCCN(C)C)cc1. The molecule has 1 heterocycles. The maximum Gasteiger partial charge on any atom is 0.119 e. The minimum Gasteiger partial charge on any atom is -0.492 e. The topological polar surface area (TPSA) is 37.4 Å². The summed E-state index contributed by atoms with van der Waals surface area (Å²) in [6.07, 6.45) is 3.72. The van der Waals surface area contributed by atoms with Gasteiger partial charge >= 0.3 is 0 Å². The molecule has 0 fully saturated rings. The molecule has 1 aromatic heterocycles. The van der Waals surface area contributed by atoms with Gasteiger partial charge in [0.05, 0.1) is 0 Å².